The smallest absolute Gasteiger partial charge is 0.180 e. The van der Waals surface area contributed by atoms with Crippen molar-refractivity contribution < 1.29 is 4.79 Å². The summed E-state index contributed by atoms with van der Waals surface area (Å²) in [7, 11) is 0. The van der Waals surface area contributed by atoms with E-state index in [0.717, 1.165) is 0 Å². The van der Waals surface area contributed by atoms with Crippen molar-refractivity contribution >= 4 is 23.1 Å². The maximum Gasteiger partial charge on any atom is 0.180 e. The molecule has 0 aliphatic heterocycles. The van der Waals surface area contributed by atoms with Crippen LogP contribution in [0.5, 0.6) is 0 Å². The van der Waals surface area contributed by atoms with Gasteiger partial charge in [0.1, 0.15) is 0 Å². The Balaban J connectivity index is 2.90. The Labute approximate surface area is 76.3 Å². The molecule has 0 fully saturated rings. The van der Waals surface area contributed by atoms with Crippen molar-refractivity contribution in [3.05, 3.63) is 29.8 Å². The van der Waals surface area contributed by atoms with Crippen molar-refractivity contribution in [1.82, 2.24) is 0 Å². The lowest BCUT2D eigenvalue weighted by Crippen LogP contribution is -2.10. The summed E-state index contributed by atoms with van der Waals surface area (Å²) in [6.07, 6.45) is 0. The summed E-state index contributed by atoms with van der Waals surface area (Å²) in [6.45, 7) is 1.65. The third kappa shape index (κ3) is 1.98. The summed E-state index contributed by atoms with van der Waals surface area (Å²) < 4.78 is 0. The van der Waals surface area contributed by atoms with Crippen LogP contribution in [0.2, 0.25) is 0 Å². The van der Waals surface area contributed by atoms with E-state index < -0.39 is 5.38 Å². The predicted molar refractivity (Wildman–Crippen MR) is 50.5 cm³/mol. The van der Waals surface area contributed by atoms with Crippen LogP contribution in [0.1, 0.15) is 17.3 Å². The molecular formula is C9H10ClNO. The van der Waals surface area contributed by atoms with Gasteiger partial charge in [-0.1, -0.05) is 0 Å². The number of Topliss-reactive ketones (excluding diaryl/α,β-unsaturated/α-hetero) is 1. The Morgan fingerprint density at radius 3 is 2.33 bits per heavy atom. The highest BCUT2D eigenvalue weighted by molar-refractivity contribution is 6.33. The topological polar surface area (TPSA) is 43.1 Å². The minimum Gasteiger partial charge on any atom is -0.399 e. The Morgan fingerprint density at radius 2 is 1.92 bits per heavy atom. The molecule has 1 aromatic carbocycles. The van der Waals surface area contributed by atoms with Gasteiger partial charge in [0.15, 0.2) is 5.78 Å². The van der Waals surface area contributed by atoms with E-state index >= 15 is 0 Å². The molecule has 1 unspecified atom stereocenters. The van der Waals surface area contributed by atoms with Crippen LogP contribution in [0.4, 0.5) is 5.69 Å². The highest BCUT2D eigenvalue weighted by Crippen LogP contribution is 2.10. The largest absolute Gasteiger partial charge is 0.399 e. The second-order valence-electron chi connectivity index (χ2n) is 2.60. The fourth-order valence-corrected chi connectivity index (χ4v) is 1.00. The van der Waals surface area contributed by atoms with Crippen molar-refractivity contribution in [2.75, 3.05) is 5.73 Å². The van der Waals surface area contributed by atoms with Crippen molar-refractivity contribution in [2.45, 2.75) is 12.3 Å². The van der Waals surface area contributed by atoms with Gasteiger partial charge in [0.2, 0.25) is 0 Å². The third-order valence-electron chi connectivity index (χ3n) is 1.56. The molecule has 0 saturated carbocycles. The summed E-state index contributed by atoms with van der Waals surface area (Å²) in [5.41, 5.74) is 6.71. The number of benzene rings is 1. The van der Waals surface area contributed by atoms with Crippen molar-refractivity contribution in [3.63, 3.8) is 0 Å². The van der Waals surface area contributed by atoms with Crippen LogP contribution in [-0.2, 0) is 0 Å². The molecule has 0 spiro atoms. The predicted octanol–water partition coefficient (Wildman–Crippen LogP) is 2.08. The van der Waals surface area contributed by atoms with E-state index in [-0.39, 0.29) is 5.78 Å². The minimum absolute atomic E-state index is 0.0725. The molecule has 2 N–H and O–H groups in total. The van der Waals surface area contributed by atoms with Gasteiger partial charge in [0.05, 0.1) is 5.38 Å². The van der Waals surface area contributed by atoms with E-state index in [9.17, 15) is 4.79 Å². The van der Waals surface area contributed by atoms with Gasteiger partial charge in [-0.15, -0.1) is 11.6 Å². The van der Waals surface area contributed by atoms with Gasteiger partial charge in [0, 0.05) is 11.3 Å². The number of anilines is 1. The molecule has 0 bridgehead atoms. The number of hydrogen-bond acceptors (Lipinski definition) is 2. The SMILES string of the molecule is CC(Cl)C(=O)c1ccc(N)cc1. The Hall–Kier alpha value is -1.02. The van der Waals surface area contributed by atoms with Crippen LogP contribution in [0, 0.1) is 0 Å². The molecule has 0 saturated heterocycles. The first-order valence-corrected chi connectivity index (χ1v) is 4.08. The fourth-order valence-electron chi connectivity index (χ4n) is 0.877. The monoisotopic (exact) mass is 183 g/mol. The molecule has 1 rings (SSSR count). The molecular weight excluding hydrogens is 174 g/mol. The Bertz CT molecular complexity index is 279. The fraction of sp³-hybridized carbons (Fsp3) is 0.222. The summed E-state index contributed by atoms with van der Waals surface area (Å²) in [5, 5.41) is -0.478. The summed E-state index contributed by atoms with van der Waals surface area (Å²) in [6, 6.07) is 6.73. The van der Waals surface area contributed by atoms with Gasteiger partial charge in [-0.2, -0.15) is 0 Å². The van der Waals surface area contributed by atoms with Crippen molar-refractivity contribution in [1.29, 1.82) is 0 Å². The number of nitrogens with two attached hydrogens (primary N) is 1. The Morgan fingerprint density at radius 1 is 1.42 bits per heavy atom. The third-order valence-corrected chi connectivity index (χ3v) is 1.75. The van der Waals surface area contributed by atoms with E-state index in [2.05, 4.69) is 0 Å². The number of ketones is 1. The number of alkyl halides is 1. The van der Waals surface area contributed by atoms with Crippen LogP contribution >= 0.6 is 11.6 Å². The highest BCUT2D eigenvalue weighted by Gasteiger charge is 2.10. The molecule has 2 nitrogen and oxygen atoms in total. The van der Waals surface area contributed by atoms with Crippen LogP contribution in [0.3, 0.4) is 0 Å². The quantitative estimate of drug-likeness (QED) is 0.434. The number of carbonyl (C=O) groups is 1. The molecule has 0 radical (unpaired) electrons. The normalized spacial score (nSPS) is 12.5. The number of halogens is 1. The van der Waals surface area contributed by atoms with Crippen LogP contribution in [-0.4, -0.2) is 11.2 Å². The van der Waals surface area contributed by atoms with Gasteiger partial charge < -0.3 is 5.73 Å². The van der Waals surface area contributed by atoms with E-state index in [0.29, 0.717) is 11.3 Å². The van der Waals surface area contributed by atoms with Gasteiger partial charge >= 0.3 is 0 Å². The zero-order valence-electron chi connectivity index (χ0n) is 6.75. The van der Waals surface area contributed by atoms with Gasteiger partial charge in [0.25, 0.3) is 0 Å². The van der Waals surface area contributed by atoms with Crippen LogP contribution in [0.25, 0.3) is 0 Å². The van der Waals surface area contributed by atoms with Crippen molar-refractivity contribution in [2.24, 2.45) is 0 Å². The molecule has 0 aromatic heterocycles. The minimum atomic E-state index is -0.478. The zero-order chi connectivity index (χ0) is 9.14. The summed E-state index contributed by atoms with van der Waals surface area (Å²) in [5.74, 6) is -0.0725. The lowest BCUT2D eigenvalue weighted by atomic mass is 10.1. The highest BCUT2D eigenvalue weighted by atomic mass is 35.5. The van der Waals surface area contributed by atoms with E-state index in [1.807, 2.05) is 0 Å². The standard InChI is InChI=1S/C9H10ClNO/c1-6(10)9(12)7-2-4-8(11)5-3-7/h2-6H,11H2,1H3. The number of rotatable bonds is 2. The van der Waals surface area contributed by atoms with Gasteiger partial charge in [-0.05, 0) is 31.2 Å². The molecule has 0 amide bonds. The van der Waals surface area contributed by atoms with Crippen molar-refractivity contribution in [3.8, 4) is 0 Å². The first-order valence-electron chi connectivity index (χ1n) is 3.65. The molecule has 0 aliphatic rings. The first kappa shape index (κ1) is 9.07. The average Bonchev–Trinajstić information content (AvgIpc) is 2.04. The number of carbonyl (C=O) groups excluding carboxylic acids is 1. The van der Waals surface area contributed by atoms with E-state index in [1.165, 1.54) is 0 Å². The molecule has 0 aliphatic carbocycles. The number of hydrogen-bond donors (Lipinski definition) is 1. The summed E-state index contributed by atoms with van der Waals surface area (Å²) in [4.78, 5) is 11.3. The van der Waals surface area contributed by atoms with E-state index in [4.69, 9.17) is 17.3 Å². The van der Waals surface area contributed by atoms with Gasteiger partial charge in [-0.25, -0.2) is 0 Å². The molecule has 12 heavy (non-hydrogen) atoms. The Kier molecular flexibility index (Phi) is 2.71. The average molecular weight is 184 g/mol. The molecule has 1 atom stereocenters. The molecule has 3 heteroatoms. The lowest BCUT2D eigenvalue weighted by Gasteiger charge is -2.01. The maximum atomic E-state index is 11.3. The maximum absolute atomic E-state index is 11.3. The molecule has 1 aromatic rings. The first-order chi connectivity index (χ1) is 5.61. The van der Waals surface area contributed by atoms with E-state index in [1.54, 1.807) is 31.2 Å². The lowest BCUT2D eigenvalue weighted by molar-refractivity contribution is 0.0992. The van der Waals surface area contributed by atoms with Crippen LogP contribution < -0.4 is 5.73 Å². The summed E-state index contributed by atoms with van der Waals surface area (Å²) >= 11 is 5.62. The molecule has 64 valence electrons. The molecule has 0 heterocycles. The van der Waals surface area contributed by atoms with Crippen LogP contribution in [0.15, 0.2) is 24.3 Å². The zero-order valence-corrected chi connectivity index (χ0v) is 7.51. The van der Waals surface area contributed by atoms with Gasteiger partial charge in [-0.3, -0.25) is 4.79 Å². The number of nitrogen functional groups attached to an aromatic ring is 1. The second kappa shape index (κ2) is 3.59. The second-order valence-corrected chi connectivity index (χ2v) is 3.26.